The summed E-state index contributed by atoms with van der Waals surface area (Å²) in [6.45, 7) is 0. The largest absolute Gasteiger partial charge is 0.464 e. The lowest BCUT2D eigenvalue weighted by Crippen LogP contribution is -2.14. The number of carbonyl (C=O) groups excluding carboxylic acids is 1. The molecule has 24 heavy (non-hydrogen) atoms. The highest BCUT2D eigenvalue weighted by Crippen LogP contribution is 2.30. The van der Waals surface area contributed by atoms with E-state index in [4.69, 9.17) is 4.74 Å². The smallest absolute Gasteiger partial charge is 0.365 e. The third-order valence-corrected chi connectivity index (χ3v) is 5.53. The van der Waals surface area contributed by atoms with Gasteiger partial charge in [-0.2, -0.15) is 5.10 Å². The molecule has 0 aliphatic heterocycles. The van der Waals surface area contributed by atoms with Crippen LogP contribution in [0.15, 0.2) is 62.4 Å². The number of rotatable bonds is 3. The number of carbonyl (C=O) groups is 1. The zero-order valence-corrected chi connectivity index (χ0v) is 15.7. The van der Waals surface area contributed by atoms with Crippen LogP contribution in [0.3, 0.4) is 0 Å². The zero-order chi connectivity index (χ0) is 16.9. The number of benzene rings is 2. The number of hydrogen-bond acceptors (Lipinski definition) is 7. The summed E-state index contributed by atoms with van der Waals surface area (Å²) < 4.78 is 7.57. The fraction of sp³-hybridized carbons (Fsp3) is 0.0625. The van der Waals surface area contributed by atoms with Gasteiger partial charge >= 0.3 is 5.97 Å². The first-order valence-electron chi connectivity index (χ1n) is 6.87. The topological polar surface area (TPSA) is 63.6 Å². The number of nitrogens with one attached hydrogen (secondary N) is 1. The van der Waals surface area contributed by atoms with E-state index in [1.54, 1.807) is 0 Å². The molecule has 0 atom stereocenters. The quantitative estimate of drug-likeness (QED) is 0.217. The summed E-state index contributed by atoms with van der Waals surface area (Å²) in [5.41, 5.74) is 4.53. The Balaban J connectivity index is 1.81. The highest BCUT2D eigenvalue weighted by molar-refractivity contribution is 9.10. The Morgan fingerprint density at radius 2 is 2.00 bits per heavy atom. The molecule has 0 aliphatic rings. The van der Waals surface area contributed by atoms with E-state index in [9.17, 15) is 4.79 Å². The first-order valence-corrected chi connectivity index (χ1v) is 9.29. The Hall–Kier alpha value is -1.90. The van der Waals surface area contributed by atoms with E-state index in [0.717, 1.165) is 24.7 Å². The van der Waals surface area contributed by atoms with Gasteiger partial charge in [0.15, 0.2) is 4.34 Å². The van der Waals surface area contributed by atoms with Crippen LogP contribution in [0.1, 0.15) is 0 Å². The molecule has 0 fully saturated rings. The predicted octanol–water partition coefficient (Wildman–Crippen LogP) is 4.75. The summed E-state index contributed by atoms with van der Waals surface area (Å²) in [5.74, 6) is -0.510. The molecule has 1 aromatic heterocycles. The van der Waals surface area contributed by atoms with Gasteiger partial charge in [-0.25, -0.2) is 9.78 Å². The predicted molar refractivity (Wildman–Crippen MR) is 103 cm³/mol. The number of anilines is 1. The zero-order valence-electron chi connectivity index (χ0n) is 12.5. The maximum absolute atomic E-state index is 12.0. The van der Waals surface area contributed by atoms with E-state index in [-0.39, 0.29) is 5.04 Å². The fourth-order valence-corrected chi connectivity index (χ4v) is 4.02. The number of esters is 1. The Morgan fingerprint density at radius 3 is 2.71 bits per heavy atom. The number of thiazole rings is 1. The van der Waals surface area contributed by atoms with E-state index in [1.165, 1.54) is 30.2 Å². The van der Waals surface area contributed by atoms with Crippen LogP contribution >= 0.6 is 39.0 Å². The molecule has 2 aromatic carbocycles. The summed E-state index contributed by atoms with van der Waals surface area (Å²) in [6, 6.07) is 15.3. The average Bonchev–Trinajstić information content (AvgIpc) is 3.01. The molecule has 3 rings (SSSR count). The van der Waals surface area contributed by atoms with Crippen molar-refractivity contribution in [3.05, 3.63) is 53.0 Å². The molecule has 0 aliphatic carbocycles. The molecule has 5 nitrogen and oxygen atoms in total. The van der Waals surface area contributed by atoms with Crippen LogP contribution in [0.4, 0.5) is 5.69 Å². The summed E-state index contributed by atoms with van der Waals surface area (Å²) in [6.07, 6.45) is 0. The molecule has 0 spiro atoms. The first kappa shape index (κ1) is 16.9. The molecule has 0 amide bonds. The van der Waals surface area contributed by atoms with Crippen molar-refractivity contribution < 1.29 is 9.53 Å². The fourth-order valence-electron chi connectivity index (χ4n) is 1.81. The second-order valence-electron chi connectivity index (χ2n) is 4.58. The lowest BCUT2D eigenvalue weighted by molar-refractivity contribution is -0.132. The maximum atomic E-state index is 12.0. The van der Waals surface area contributed by atoms with Gasteiger partial charge in [-0.15, -0.1) is 11.3 Å². The van der Waals surface area contributed by atoms with Crippen molar-refractivity contribution in [2.24, 2.45) is 5.10 Å². The van der Waals surface area contributed by atoms with Crippen molar-refractivity contribution >= 4 is 65.9 Å². The Labute approximate surface area is 155 Å². The van der Waals surface area contributed by atoms with Crippen molar-refractivity contribution in [2.75, 3.05) is 12.5 Å². The van der Waals surface area contributed by atoms with E-state index in [0.29, 0.717) is 0 Å². The molecule has 8 heteroatoms. The molecule has 3 aromatic rings. The second kappa shape index (κ2) is 7.78. The monoisotopic (exact) mass is 421 g/mol. The summed E-state index contributed by atoms with van der Waals surface area (Å²) >= 11 is 6.06. The van der Waals surface area contributed by atoms with Crippen LogP contribution in [0.2, 0.25) is 0 Å². The second-order valence-corrected chi connectivity index (χ2v) is 7.76. The standard InChI is InChI=1S/C16H12BrN3O2S2/c1-22-15(21)14(20-19-11-8-6-10(17)7-9-11)24-16-18-12-4-2-3-5-13(12)23-16/h2-9,19H,1H3/b20-14+. The van der Waals surface area contributed by atoms with Gasteiger partial charge < -0.3 is 4.74 Å². The third kappa shape index (κ3) is 4.14. The molecule has 122 valence electrons. The van der Waals surface area contributed by atoms with Crippen molar-refractivity contribution in [3.8, 4) is 0 Å². The number of methoxy groups -OCH3 is 1. The van der Waals surface area contributed by atoms with Gasteiger partial charge in [-0.3, -0.25) is 5.43 Å². The van der Waals surface area contributed by atoms with Crippen LogP contribution < -0.4 is 5.43 Å². The van der Waals surface area contributed by atoms with Gasteiger partial charge in [0.05, 0.1) is 23.0 Å². The number of hydrogen-bond donors (Lipinski definition) is 1. The third-order valence-electron chi connectivity index (χ3n) is 2.95. The van der Waals surface area contributed by atoms with Crippen molar-refractivity contribution in [1.29, 1.82) is 0 Å². The highest BCUT2D eigenvalue weighted by Gasteiger charge is 2.17. The SMILES string of the molecule is COC(=O)/C(=N\Nc1ccc(Br)cc1)Sc1nc2ccccc2s1. The van der Waals surface area contributed by atoms with Gasteiger partial charge in [0.2, 0.25) is 5.04 Å². The summed E-state index contributed by atoms with van der Waals surface area (Å²) in [7, 11) is 1.33. The van der Waals surface area contributed by atoms with Crippen LogP contribution in [-0.4, -0.2) is 23.1 Å². The molecular formula is C16H12BrN3O2S2. The number of ether oxygens (including phenoxy) is 1. The van der Waals surface area contributed by atoms with Crippen molar-refractivity contribution in [2.45, 2.75) is 4.34 Å². The number of hydrazone groups is 1. The minimum Gasteiger partial charge on any atom is -0.464 e. The van der Waals surface area contributed by atoms with Gasteiger partial charge in [0.1, 0.15) is 0 Å². The van der Waals surface area contributed by atoms with Crippen LogP contribution in [-0.2, 0) is 9.53 Å². The Bertz CT molecular complexity index is 861. The number of para-hydroxylation sites is 1. The van der Waals surface area contributed by atoms with Crippen LogP contribution in [0, 0.1) is 0 Å². The lowest BCUT2D eigenvalue weighted by Gasteiger charge is -2.04. The molecule has 0 bridgehead atoms. The van der Waals surface area contributed by atoms with E-state index < -0.39 is 5.97 Å². The molecule has 0 saturated heterocycles. The Kier molecular flexibility index (Phi) is 5.49. The number of thioether (sulfide) groups is 1. The highest BCUT2D eigenvalue weighted by atomic mass is 79.9. The van der Waals surface area contributed by atoms with Gasteiger partial charge in [0, 0.05) is 4.47 Å². The van der Waals surface area contributed by atoms with Crippen molar-refractivity contribution in [1.82, 2.24) is 4.98 Å². The molecule has 0 saturated carbocycles. The minimum atomic E-state index is -0.510. The molecule has 0 unspecified atom stereocenters. The average molecular weight is 422 g/mol. The van der Waals surface area contributed by atoms with E-state index in [2.05, 4.69) is 31.4 Å². The summed E-state index contributed by atoms with van der Waals surface area (Å²) in [5, 5.41) is 4.36. The number of aromatic nitrogens is 1. The molecule has 0 radical (unpaired) electrons. The normalized spacial score (nSPS) is 11.5. The van der Waals surface area contributed by atoms with Gasteiger partial charge in [-0.1, -0.05) is 28.1 Å². The first-order chi connectivity index (χ1) is 11.7. The van der Waals surface area contributed by atoms with E-state index in [1.807, 2.05) is 48.5 Å². The number of fused-ring (bicyclic) bond motifs is 1. The van der Waals surface area contributed by atoms with Gasteiger partial charge in [0.25, 0.3) is 0 Å². The molecule has 1 N–H and O–H groups in total. The lowest BCUT2D eigenvalue weighted by atomic mass is 10.3. The van der Waals surface area contributed by atoms with Crippen LogP contribution in [0.25, 0.3) is 10.2 Å². The van der Waals surface area contributed by atoms with Gasteiger partial charge in [-0.05, 0) is 48.2 Å². The van der Waals surface area contributed by atoms with Crippen LogP contribution in [0.5, 0.6) is 0 Å². The minimum absolute atomic E-state index is 0.194. The number of nitrogens with zero attached hydrogens (tertiary/aromatic N) is 2. The molecule has 1 heterocycles. The Morgan fingerprint density at radius 1 is 1.25 bits per heavy atom. The summed E-state index contributed by atoms with van der Waals surface area (Å²) in [4.78, 5) is 16.5. The van der Waals surface area contributed by atoms with Crippen molar-refractivity contribution in [3.63, 3.8) is 0 Å². The maximum Gasteiger partial charge on any atom is 0.365 e. The number of halogens is 1. The van der Waals surface area contributed by atoms with E-state index >= 15 is 0 Å². The molecular weight excluding hydrogens is 410 g/mol.